The second-order valence-electron chi connectivity index (χ2n) is 4.18. The first-order chi connectivity index (χ1) is 10.0. The van der Waals surface area contributed by atoms with Gasteiger partial charge in [-0.1, -0.05) is 6.07 Å². The molecule has 0 saturated heterocycles. The fourth-order valence-corrected chi connectivity index (χ4v) is 1.76. The van der Waals surface area contributed by atoms with E-state index >= 15 is 0 Å². The molecule has 5 nitrogen and oxygen atoms in total. The minimum absolute atomic E-state index is 0.00495. The molecule has 0 unspecified atom stereocenters. The number of methoxy groups -OCH3 is 1. The Morgan fingerprint density at radius 1 is 1.14 bits per heavy atom. The maximum absolute atomic E-state index is 13.1. The molecule has 6 heteroatoms. The molecular formula is C15H12FNO4. The third-order valence-electron chi connectivity index (χ3n) is 2.78. The number of benzene rings is 2. The largest absolute Gasteiger partial charge is 0.495 e. The zero-order chi connectivity index (χ0) is 15.4. The summed E-state index contributed by atoms with van der Waals surface area (Å²) in [7, 11) is 1.40. The van der Waals surface area contributed by atoms with Crippen LogP contribution < -0.4 is 10.1 Å². The van der Waals surface area contributed by atoms with Crippen molar-refractivity contribution in [3.63, 3.8) is 0 Å². The molecule has 0 heterocycles. The third-order valence-corrected chi connectivity index (χ3v) is 2.78. The number of carboxylic acid groups (broad SMARTS) is 1. The van der Waals surface area contributed by atoms with E-state index in [2.05, 4.69) is 5.32 Å². The van der Waals surface area contributed by atoms with Crippen molar-refractivity contribution in [1.29, 1.82) is 0 Å². The van der Waals surface area contributed by atoms with Crippen LogP contribution in [-0.4, -0.2) is 24.1 Å². The van der Waals surface area contributed by atoms with Gasteiger partial charge in [-0.05, 0) is 36.4 Å². The highest BCUT2D eigenvalue weighted by atomic mass is 19.1. The lowest BCUT2D eigenvalue weighted by molar-refractivity contribution is 0.0696. The lowest BCUT2D eigenvalue weighted by Crippen LogP contribution is -2.13. The number of anilines is 1. The number of hydrogen-bond acceptors (Lipinski definition) is 3. The molecule has 1 amide bonds. The Kier molecular flexibility index (Phi) is 4.18. The molecule has 0 fully saturated rings. The summed E-state index contributed by atoms with van der Waals surface area (Å²) >= 11 is 0. The summed E-state index contributed by atoms with van der Waals surface area (Å²) in [6.45, 7) is 0. The summed E-state index contributed by atoms with van der Waals surface area (Å²) in [4.78, 5) is 23.0. The molecule has 2 rings (SSSR count). The highest BCUT2D eigenvalue weighted by Gasteiger charge is 2.13. The summed E-state index contributed by atoms with van der Waals surface area (Å²) in [5.74, 6) is -1.91. The Bertz CT molecular complexity index is 700. The number of carbonyl (C=O) groups is 2. The number of nitrogens with one attached hydrogen (secondary N) is 1. The van der Waals surface area contributed by atoms with Gasteiger partial charge in [-0.3, -0.25) is 4.79 Å². The van der Waals surface area contributed by atoms with E-state index in [1.807, 2.05) is 0 Å². The van der Waals surface area contributed by atoms with Gasteiger partial charge in [0.2, 0.25) is 0 Å². The lowest BCUT2D eigenvalue weighted by Gasteiger charge is -2.11. The molecule has 2 aromatic rings. The predicted molar refractivity (Wildman–Crippen MR) is 74.3 cm³/mol. The fourth-order valence-electron chi connectivity index (χ4n) is 1.76. The normalized spacial score (nSPS) is 10.0. The third kappa shape index (κ3) is 3.36. The monoisotopic (exact) mass is 289 g/mol. The van der Waals surface area contributed by atoms with Crippen LogP contribution in [0.25, 0.3) is 0 Å². The number of ether oxygens (including phenoxy) is 1. The van der Waals surface area contributed by atoms with E-state index in [1.54, 1.807) is 0 Å². The van der Waals surface area contributed by atoms with Crippen molar-refractivity contribution >= 4 is 17.6 Å². The van der Waals surface area contributed by atoms with Crippen LogP contribution in [0.2, 0.25) is 0 Å². The Labute approximate surface area is 120 Å². The van der Waals surface area contributed by atoms with Crippen molar-refractivity contribution in [3.8, 4) is 5.75 Å². The minimum atomic E-state index is -1.13. The number of hydrogen-bond donors (Lipinski definition) is 2. The van der Waals surface area contributed by atoms with Gasteiger partial charge in [0, 0.05) is 5.56 Å². The average Bonchev–Trinajstić information content (AvgIpc) is 2.47. The summed E-state index contributed by atoms with van der Waals surface area (Å²) < 4.78 is 18.2. The summed E-state index contributed by atoms with van der Waals surface area (Å²) in [5, 5.41) is 11.5. The van der Waals surface area contributed by atoms with Crippen LogP contribution in [0, 0.1) is 5.82 Å². The zero-order valence-electron chi connectivity index (χ0n) is 11.1. The van der Waals surface area contributed by atoms with Gasteiger partial charge < -0.3 is 15.2 Å². The van der Waals surface area contributed by atoms with Gasteiger partial charge in [0.05, 0.1) is 18.4 Å². The van der Waals surface area contributed by atoms with E-state index < -0.39 is 17.7 Å². The number of aromatic carboxylic acids is 1. The van der Waals surface area contributed by atoms with Crippen LogP contribution in [0.1, 0.15) is 20.7 Å². The fraction of sp³-hybridized carbons (Fsp3) is 0.0667. The van der Waals surface area contributed by atoms with Gasteiger partial charge >= 0.3 is 5.97 Å². The Hall–Kier alpha value is -2.89. The minimum Gasteiger partial charge on any atom is -0.495 e. The van der Waals surface area contributed by atoms with E-state index in [0.717, 1.165) is 6.07 Å². The number of halogens is 1. The summed E-state index contributed by atoms with van der Waals surface area (Å²) in [6, 6.07) is 9.24. The van der Waals surface area contributed by atoms with Crippen LogP contribution in [-0.2, 0) is 0 Å². The molecule has 0 atom stereocenters. The Morgan fingerprint density at radius 3 is 2.52 bits per heavy atom. The van der Waals surface area contributed by atoms with E-state index in [1.165, 1.54) is 43.5 Å². The zero-order valence-corrected chi connectivity index (χ0v) is 11.1. The molecule has 0 aliphatic heterocycles. The predicted octanol–water partition coefficient (Wildman–Crippen LogP) is 2.78. The number of carboxylic acids is 1. The number of amides is 1. The topological polar surface area (TPSA) is 75.6 Å². The maximum Gasteiger partial charge on any atom is 0.335 e. The van der Waals surface area contributed by atoms with E-state index in [-0.39, 0.29) is 16.8 Å². The van der Waals surface area contributed by atoms with Crippen molar-refractivity contribution < 1.29 is 23.8 Å². The van der Waals surface area contributed by atoms with Crippen molar-refractivity contribution in [2.45, 2.75) is 0 Å². The van der Waals surface area contributed by atoms with Crippen molar-refractivity contribution in [2.24, 2.45) is 0 Å². The average molecular weight is 289 g/mol. The van der Waals surface area contributed by atoms with Crippen LogP contribution in [0.3, 0.4) is 0 Å². The molecule has 0 radical (unpaired) electrons. The SMILES string of the molecule is COc1ccc(C(=O)O)cc1NC(=O)c1cccc(F)c1. The molecule has 0 bridgehead atoms. The van der Waals surface area contributed by atoms with Gasteiger partial charge in [0.25, 0.3) is 5.91 Å². The molecule has 0 aliphatic carbocycles. The standard InChI is InChI=1S/C15H12FNO4/c1-21-13-6-5-10(15(19)20)8-12(13)17-14(18)9-3-2-4-11(16)7-9/h2-8H,1H3,(H,17,18)(H,19,20). The molecule has 2 N–H and O–H groups in total. The van der Waals surface area contributed by atoms with Gasteiger partial charge in [-0.2, -0.15) is 0 Å². The number of carbonyl (C=O) groups excluding carboxylic acids is 1. The molecule has 0 saturated carbocycles. The smallest absolute Gasteiger partial charge is 0.335 e. The maximum atomic E-state index is 13.1. The molecule has 2 aromatic carbocycles. The Morgan fingerprint density at radius 2 is 1.90 bits per heavy atom. The molecular weight excluding hydrogens is 277 g/mol. The van der Waals surface area contributed by atoms with Crippen LogP contribution in [0.15, 0.2) is 42.5 Å². The Balaban J connectivity index is 2.31. The first-order valence-corrected chi connectivity index (χ1v) is 5.99. The van der Waals surface area contributed by atoms with Crippen molar-refractivity contribution in [2.75, 3.05) is 12.4 Å². The van der Waals surface area contributed by atoms with Crippen LogP contribution in [0.5, 0.6) is 5.75 Å². The van der Waals surface area contributed by atoms with E-state index in [4.69, 9.17) is 9.84 Å². The summed E-state index contributed by atoms with van der Waals surface area (Å²) in [6.07, 6.45) is 0. The second-order valence-corrected chi connectivity index (χ2v) is 4.18. The van der Waals surface area contributed by atoms with Crippen LogP contribution >= 0.6 is 0 Å². The van der Waals surface area contributed by atoms with Gasteiger partial charge in [0.1, 0.15) is 11.6 Å². The number of rotatable bonds is 4. The van der Waals surface area contributed by atoms with Crippen molar-refractivity contribution in [3.05, 3.63) is 59.4 Å². The first-order valence-electron chi connectivity index (χ1n) is 5.99. The van der Waals surface area contributed by atoms with Gasteiger partial charge in [-0.15, -0.1) is 0 Å². The van der Waals surface area contributed by atoms with Crippen LogP contribution in [0.4, 0.5) is 10.1 Å². The highest BCUT2D eigenvalue weighted by Crippen LogP contribution is 2.26. The van der Waals surface area contributed by atoms with Gasteiger partial charge in [-0.25, -0.2) is 9.18 Å². The molecule has 0 aromatic heterocycles. The molecule has 21 heavy (non-hydrogen) atoms. The first kappa shape index (κ1) is 14.5. The summed E-state index contributed by atoms with van der Waals surface area (Å²) in [5.41, 5.74) is 0.329. The second kappa shape index (κ2) is 6.04. The quantitative estimate of drug-likeness (QED) is 0.907. The highest BCUT2D eigenvalue weighted by molar-refractivity contribution is 6.05. The molecule has 108 valence electrons. The van der Waals surface area contributed by atoms with Gasteiger partial charge in [0.15, 0.2) is 0 Å². The molecule has 0 spiro atoms. The lowest BCUT2D eigenvalue weighted by atomic mass is 10.1. The molecule has 0 aliphatic rings. The van der Waals surface area contributed by atoms with Crippen molar-refractivity contribution in [1.82, 2.24) is 0 Å². The van der Waals surface area contributed by atoms with E-state index in [9.17, 15) is 14.0 Å². The van der Waals surface area contributed by atoms with E-state index in [0.29, 0.717) is 5.75 Å².